The second kappa shape index (κ2) is 5.75. The summed E-state index contributed by atoms with van der Waals surface area (Å²) in [4.78, 5) is 19.7. The zero-order valence-corrected chi connectivity index (χ0v) is 12.0. The Morgan fingerprint density at radius 1 is 1.35 bits per heavy atom. The Labute approximate surface area is 118 Å². The maximum Gasteiger partial charge on any atom is 0.341 e. The number of ether oxygens (including phenoxy) is 1. The Bertz CT molecular complexity index is 482. The van der Waals surface area contributed by atoms with E-state index in [1.807, 2.05) is 6.92 Å². The van der Waals surface area contributed by atoms with Gasteiger partial charge in [0, 0.05) is 6.61 Å². The zero-order chi connectivity index (χ0) is 14.8. The highest BCUT2D eigenvalue weighted by Crippen LogP contribution is 2.39. The molecule has 0 radical (unpaired) electrons. The van der Waals surface area contributed by atoms with Crippen LogP contribution in [0.2, 0.25) is 0 Å². The molecule has 1 heterocycles. The van der Waals surface area contributed by atoms with Crippen LogP contribution in [0, 0.1) is 6.92 Å². The van der Waals surface area contributed by atoms with E-state index < -0.39 is 11.6 Å². The number of aromatic carboxylic acids is 1. The van der Waals surface area contributed by atoms with Gasteiger partial charge in [-0.05, 0) is 26.7 Å². The molecule has 3 N–H and O–H groups in total. The molecule has 0 aromatic carbocycles. The molecule has 6 heteroatoms. The molecule has 0 spiro atoms. The van der Waals surface area contributed by atoms with Gasteiger partial charge in [0.1, 0.15) is 17.0 Å². The quantitative estimate of drug-likeness (QED) is 0.877. The monoisotopic (exact) mass is 279 g/mol. The van der Waals surface area contributed by atoms with Gasteiger partial charge in [0.05, 0.1) is 5.69 Å². The summed E-state index contributed by atoms with van der Waals surface area (Å²) in [6.45, 7) is 4.16. The molecule has 1 aromatic heterocycles. The van der Waals surface area contributed by atoms with E-state index in [1.54, 1.807) is 6.92 Å². The van der Waals surface area contributed by atoms with Gasteiger partial charge in [-0.15, -0.1) is 0 Å². The molecular formula is C14H21N3O3. The molecule has 0 atom stereocenters. The fourth-order valence-electron chi connectivity index (χ4n) is 2.89. The second-order valence-corrected chi connectivity index (χ2v) is 5.19. The van der Waals surface area contributed by atoms with Crippen molar-refractivity contribution in [3.8, 4) is 0 Å². The zero-order valence-electron chi connectivity index (χ0n) is 12.0. The van der Waals surface area contributed by atoms with Crippen molar-refractivity contribution in [3.63, 3.8) is 0 Å². The van der Waals surface area contributed by atoms with Crippen molar-refractivity contribution in [1.29, 1.82) is 0 Å². The third kappa shape index (κ3) is 2.60. The number of nitrogens with zero attached hydrogens (tertiary/aromatic N) is 2. The number of rotatable bonds is 4. The summed E-state index contributed by atoms with van der Waals surface area (Å²) in [6, 6.07) is 0. The molecule has 1 saturated carbocycles. The van der Waals surface area contributed by atoms with Crippen molar-refractivity contribution in [2.75, 3.05) is 12.3 Å². The molecule has 1 aliphatic carbocycles. The van der Waals surface area contributed by atoms with Crippen LogP contribution < -0.4 is 5.73 Å². The van der Waals surface area contributed by atoms with Gasteiger partial charge >= 0.3 is 5.97 Å². The Hall–Kier alpha value is -1.69. The number of carbonyl (C=O) groups is 1. The van der Waals surface area contributed by atoms with Gasteiger partial charge in [-0.25, -0.2) is 14.8 Å². The second-order valence-electron chi connectivity index (χ2n) is 5.19. The van der Waals surface area contributed by atoms with Crippen LogP contribution in [-0.4, -0.2) is 27.7 Å². The number of carboxylic acid groups (broad SMARTS) is 1. The average molecular weight is 279 g/mol. The highest BCUT2D eigenvalue weighted by atomic mass is 16.5. The predicted octanol–water partition coefficient (Wildman–Crippen LogP) is 2.26. The largest absolute Gasteiger partial charge is 0.477 e. The van der Waals surface area contributed by atoms with E-state index in [0.29, 0.717) is 18.1 Å². The van der Waals surface area contributed by atoms with Crippen molar-refractivity contribution >= 4 is 11.8 Å². The van der Waals surface area contributed by atoms with E-state index in [2.05, 4.69) is 9.97 Å². The minimum absolute atomic E-state index is 0.0174. The molecule has 1 fully saturated rings. The van der Waals surface area contributed by atoms with Crippen LogP contribution >= 0.6 is 0 Å². The lowest BCUT2D eigenvalue weighted by molar-refractivity contribution is -0.0767. The topological polar surface area (TPSA) is 98.3 Å². The van der Waals surface area contributed by atoms with Crippen molar-refractivity contribution in [2.45, 2.75) is 51.6 Å². The van der Waals surface area contributed by atoms with Gasteiger partial charge in [0.25, 0.3) is 0 Å². The molecule has 1 aliphatic rings. The van der Waals surface area contributed by atoms with Gasteiger partial charge in [0.15, 0.2) is 5.82 Å². The highest BCUT2D eigenvalue weighted by molar-refractivity contribution is 5.93. The Morgan fingerprint density at radius 3 is 2.50 bits per heavy atom. The Kier molecular flexibility index (Phi) is 4.23. The number of carboxylic acids is 1. The summed E-state index contributed by atoms with van der Waals surface area (Å²) < 4.78 is 5.94. The van der Waals surface area contributed by atoms with Crippen LogP contribution in [0.25, 0.3) is 0 Å². The maximum atomic E-state index is 11.1. The molecule has 0 aliphatic heterocycles. The van der Waals surface area contributed by atoms with Crippen molar-refractivity contribution in [1.82, 2.24) is 9.97 Å². The van der Waals surface area contributed by atoms with Crippen molar-refractivity contribution in [2.24, 2.45) is 0 Å². The first-order chi connectivity index (χ1) is 9.50. The predicted molar refractivity (Wildman–Crippen MR) is 74.5 cm³/mol. The maximum absolute atomic E-state index is 11.1. The number of aromatic nitrogens is 2. The van der Waals surface area contributed by atoms with Crippen LogP contribution in [0.4, 0.5) is 5.82 Å². The van der Waals surface area contributed by atoms with Gasteiger partial charge < -0.3 is 15.6 Å². The SMILES string of the molecule is CCOC1(c2nc(C)c(C(=O)O)c(N)n2)CCCCC1. The molecule has 0 bridgehead atoms. The molecule has 0 unspecified atom stereocenters. The molecule has 0 saturated heterocycles. The lowest BCUT2D eigenvalue weighted by Crippen LogP contribution is -2.35. The molecule has 2 rings (SSSR count). The number of anilines is 1. The lowest BCUT2D eigenvalue weighted by Gasteiger charge is -2.35. The summed E-state index contributed by atoms with van der Waals surface area (Å²) in [7, 11) is 0. The number of aryl methyl sites for hydroxylation is 1. The van der Waals surface area contributed by atoms with E-state index in [1.165, 1.54) is 6.42 Å². The summed E-state index contributed by atoms with van der Waals surface area (Å²) in [5.41, 5.74) is 5.66. The summed E-state index contributed by atoms with van der Waals surface area (Å²) in [5, 5.41) is 9.12. The minimum atomic E-state index is -1.10. The first-order valence-corrected chi connectivity index (χ1v) is 7.02. The standard InChI is InChI=1S/C14H21N3O3/c1-3-20-14(7-5-4-6-8-14)13-16-9(2)10(12(18)19)11(15)17-13/h3-8H2,1-2H3,(H,18,19)(H2,15,16,17). The third-order valence-electron chi connectivity index (χ3n) is 3.82. The number of hydrogen-bond donors (Lipinski definition) is 2. The van der Waals surface area contributed by atoms with E-state index >= 15 is 0 Å². The van der Waals surface area contributed by atoms with Crippen molar-refractivity contribution in [3.05, 3.63) is 17.1 Å². The number of hydrogen-bond acceptors (Lipinski definition) is 5. The van der Waals surface area contributed by atoms with Gasteiger partial charge in [0.2, 0.25) is 0 Å². The summed E-state index contributed by atoms with van der Waals surface area (Å²) in [5.74, 6) is -0.552. The van der Waals surface area contributed by atoms with Gasteiger partial charge in [-0.3, -0.25) is 0 Å². The molecule has 110 valence electrons. The van der Waals surface area contributed by atoms with Gasteiger partial charge in [-0.1, -0.05) is 19.3 Å². The van der Waals surface area contributed by atoms with E-state index in [0.717, 1.165) is 25.7 Å². The average Bonchev–Trinajstić information content (AvgIpc) is 2.38. The van der Waals surface area contributed by atoms with E-state index in [4.69, 9.17) is 15.6 Å². The molecule has 6 nitrogen and oxygen atoms in total. The fourth-order valence-corrected chi connectivity index (χ4v) is 2.89. The van der Waals surface area contributed by atoms with Crippen LogP contribution in [0.3, 0.4) is 0 Å². The fraction of sp³-hybridized carbons (Fsp3) is 0.643. The van der Waals surface area contributed by atoms with Crippen LogP contribution in [0.5, 0.6) is 0 Å². The molecule has 20 heavy (non-hydrogen) atoms. The van der Waals surface area contributed by atoms with Crippen LogP contribution in [-0.2, 0) is 10.3 Å². The number of nitrogen functional groups attached to an aromatic ring is 1. The first kappa shape index (κ1) is 14.7. The molecule has 1 aromatic rings. The minimum Gasteiger partial charge on any atom is -0.477 e. The lowest BCUT2D eigenvalue weighted by atomic mass is 9.83. The van der Waals surface area contributed by atoms with Crippen LogP contribution in [0.15, 0.2) is 0 Å². The normalized spacial score (nSPS) is 17.9. The summed E-state index contributed by atoms with van der Waals surface area (Å²) in [6.07, 6.45) is 5.00. The Balaban J connectivity index is 2.47. The smallest absolute Gasteiger partial charge is 0.341 e. The van der Waals surface area contributed by atoms with Crippen molar-refractivity contribution < 1.29 is 14.6 Å². The van der Waals surface area contributed by atoms with Crippen LogP contribution in [0.1, 0.15) is 60.9 Å². The highest BCUT2D eigenvalue weighted by Gasteiger charge is 2.38. The molecule has 0 amide bonds. The Morgan fingerprint density at radius 2 is 2.00 bits per heavy atom. The third-order valence-corrected chi connectivity index (χ3v) is 3.82. The van der Waals surface area contributed by atoms with Gasteiger partial charge in [-0.2, -0.15) is 0 Å². The van der Waals surface area contributed by atoms with E-state index in [9.17, 15) is 4.79 Å². The first-order valence-electron chi connectivity index (χ1n) is 7.02. The van der Waals surface area contributed by atoms with E-state index in [-0.39, 0.29) is 11.4 Å². The summed E-state index contributed by atoms with van der Waals surface area (Å²) >= 11 is 0. The number of nitrogens with two attached hydrogens (primary N) is 1. The molecular weight excluding hydrogens is 258 g/mol.